The van der Waals surface area contributed by atoms with Crippen LogP contribution in [-0.4, -0.2) is 62.0 Å². The fourth-order valence-electron chi connectivity index (χ4n) is 3.21. The van der Waals surface area contributed by atoms with E-state index in [1.165, 1.54) is 17.8 Å². The molecule has 2 aromatic heterocycles. The Morgan fingerprint density at radius 2 is 1.72 bits per heavy atom. The standard InChI is InChI=1S/C17H23N5O3/c1-11(2)21-5-7-22(8-6-21)15(23)12-9-13-14(18-10-12)19(3)17(25)20(4)16(13)24/h9-11H,5-8H2,1-4H3. The van der Waals surface area contributed by atoms with Gasteiger partial charge in [-0.05, 0) is 19.9 Å². The van der Waals surface area contributed by atoms with Crippen LogP contribution in [0.4, 0.5) is 0 Å². The molecule has 3 heterocycles. The van der Waals surface area contributed by atoms with E-state index in [1.807, 2.05) is 0 Å². The van der Waals surface area contributed by atoms with Crippen molar-refractivity contribution in [3.05, 3.63) is 38.7 Å². The van der Waals surface area contributed by atoms with Crippen molar-refractivity contribution in [2.45, 2.75) is 19.9 Å². The summed E-state index contributed by atoms with van der Waals surface area (Å²) in [6.45, 7) is 7.26. The molecule has 1 aliphatic heterocycles. The molecule has 0 aliphatic carbocycles. The normalized spacial score (nSPS) is 16.0. The van der Waals surface area contributed by atoms with Gasteiger partial charge in [-0.3, -0.25) is 23.6 Å². The Bertz CT molecular complexity index is 936. The van der Waals surface area contributed by atoms with Gasteiger partial charge in [0.25, 0.3) is 11.5 Å². The summed E-state index contributed by atoms with van der Waals surface area (Å²) >= 11 is 0. The van der Waals surface area contributed by atoms with Gasteiger partial charge >= 0.3 is 5.69 Å². The molecule has 1 saturated heterocycles. The summed E-state index contributed by atoms with van der Waals surface area (Å²) < 4.78 is 2.34. The summed E-state index contributed by atoms with van der Waals surface area (Å²) in [6.07, 6.45) is 1.44. The number of hydrogen-bond acceptors (Lipinski definition) is 5. The van der Waals surface area contributed by atoms with Gasteiger partial charge in [-0.15, -0.1) is 0 Å². The summed E-state index contributed by atoms with van der Waals surface area (Å²) in [5.41, 5.74) is -0.214. The SMILES string of the molecule is CC(C)N1CCN(C(=O)c2cnc3c(c2)c(=O)n(C)c(=O)n3C)CC1. The van der Waals surface area contributed by atoms with E-state index in [0.29, 0.717) is 24.7 Å². The number of hydrogen-bond donors (Lipinski definition) is 0. The molecule has 0 N–H and O–H groups in total. The van der Waals surface area contributed by atoms with Gasteiger partial charge in [-0.1, -0.05) is 0 Å². The number of piperazine rings is 1. The molecule has 0 atom stereocenters. The van der Waals surface area contributed by atoms with Crippen molar-refractivity contribution in [1.29, 1.82) is 0 Å². The van der Waals surface area contributed by atoms with Crippen molar-refractivity contribution >= 4 is 16.9 Å². The fourth-order valence-corrected chi connectivity index (χ4v) is 3.21. The molecule has 1 fully saturated rings. The van der Waals surface area contributed by atoms with Gasteiger partial charge < -0.3 is 4.90 Å². The molecule has 0 radical (unpaired) electrons. The lowest BCUT2D eigenvalue weighted by Gasteiger charge is -2.36. The van der Waals surface area contributed by atoms with Crippen LogP contribution in [0, 0.1) is 0 Å². The second-order valence-corrected chi connectivity index (χ2v) is 6.72. The van der Waals surface area contributed by atoms with Crippen LogP contribution in [0.5, 0.6) is 0 Å². The highest BCUT2D eigenvalue weighted by Crippen LogP contribution is 2.13. The lowest BCUT2D eigenvalue weighted by atomic mass is 10.1. The zero-order valence-corrected chi connectivity index (χ0v) is 15.0. The van der Waals surface area contributed by atoms with Crippen LogP contribution in [0.15, 0.2) is 21.9 Å². The largest absolute Gasteiger partial charge is 0.336 e. The Morgan fingerprint density at radius 3 is 2.32 bits per heavy atom. The fraction of sp³-hybridized carbons (Fsp3) is 0.529. The summed E-state index contributed by atoms with van der Waals surface area (Å²) in [6, 6.07) is 2.00. The van der Waals surface area contributed by atoms with Gasteiger partial charge in [0.2, 0.25) is 0 Å². The third-order valence-electron chi connectivity index (χ3n) is 4.87. The molecular weight excluding hydrogens is 322 g/mol. The van der Waals surface area contributed by atoms with Crippen LogP contribution in [0.2, 0.25) is 0 Å². The molecule has 8 nitrogen and oxygen atoms in total. The summed E-state index contributed by atoms with van der Waals surface area (Å²) in [7, 11) is 2.98. The Labute approximate surface area is 145 Å². The van der Waals surface area contributed by atoms with Crippen LogP contribution in [0.1, 0.15) is 24.2 Å². The third kappa shape index (κ3) is 2.97. The average Bonchev–Trinajstić information content (AvgIpc) is 2.63. The first-order valence-corrected chi connectivity index (χ1v) is 8.40. The van der Waals surface area contributed by atoms with Crippen LogP contribution in [-0.2, 0) is 14.1 Å². The van der Waals surface area contributed by atoms with Gasteiger partial charge in [0.15, 0.2) is 0 Å². The van der Waals surface area contributed by atoms with Crippen molar-refractivity contribution < 1.29 is 4.79 Å². The minimum Gasteiger partial charge on any atom is -0.336 e. The predicted octanol–water partition coefficient (Wildman–Crippen LogP) is -0.202. The molecule has 134 valence electrons. The van der Waals surface area contributed by atoms with Gasteiger partial charge in [-0.2, -0.15) is 0 Å². The van der Waals surface area contributed by atoms with Crippen molar-refractivity contribution in [3.63, 3.8) is 0 Å². The molecule has 2 aromatic rings. The maximum absolute atomic E-state index is 12.8. The lowest BCUT2D eigenvalue weighted by Crippen LogP contribution is -2.50. The van der Waals surface area contributed by atoms with E-state index in [0.717, 1.165) is 17.7 Å². The Morgan fingerprint density at radius 1 is 1.08 bits per heavy atom. The molecule has 0 saturated carbocycles. The number of rotatable bonds is 2. The van der Waals surface area contributed by atoms with E-state index in [-0.39, 0.29) is 16.9 Å². The van der Waals surface area contributed by atoms with Crippen LogP contribution in [0.25, 0.3) is 11.0 Å². The van der Waals surface area contributed by atoms with Crippen LogP contribution >= 0.6 is 0 Å². The van der Waals surface area contributed by atoms with Crippen LogP contribution < -0.4 is 11.2 Å². The molecule has 0 unspecified atom stereocenters. The van der Waals surface area contributed by atoms with Gasteiger partial charge in [0, 0.05) is 52.5 Å². The highest BCUT2D eigenvalue weighted by molar-refractivity contribution is 5.96. The molecule has 1 aliphatic rings. The molecule has 0 aromatic carbocycles. The monoisotopic (exact) mass is 345 g/mol. The molecule has 8 heteroatoms. The first-order valence-electron chi connectivity index (χ1n) is 8.40. The lowest BCUT2D eigenvalue weighted by molar-refractivity contribution is 0.0595. The molecule has 3 rings (SSSR count). The average molecular weight is 345 g/mol. The van der Waals surface area contributed by atoms with E-state index in [4.69, 9.17) is 0 Å². The van der Waals surface area contributed by atoms with Crippen molar-refractivity contribution in [2.24, 2.45) is 14.1 Å². The zero-order chi connectivity index (χ0) is 18.3. The highest BCUT2D eigenvalue weighted by Gasteiger charge is 2.24. The maximum atomic E-state index is 12.8. The van der Waals surface area contributed by atoms with E-state index >= 15 is 0 Å². The molecule has 25 heavy (non-hydrogen) atoms. The molecular formula is C17H23N5O3. The molecule has 0 bridgehead atoms. The summed E-state index contributed by atoms with van der Waals surface area (Å²) in [5, 5.41) is 0.274. The van der Waals surface area contributed by atoms with Crippen molar-refractivity contribution in [3.8, 4) is 0 Å². The van der Waals surface area contributed by atoms with Gasteiger partial charge in [0.1, 0.15) is 5.65 Å². The van der Waals surface area contributed by atoms with E-state index in [2.05, 4.69) is 23.7 Å². The second kappa shape index (κ2) is 6.44. The Balaban J connectivity index is 1.94. The quantitative estimate of drug-likeness (QED) is 0.753. The number of aromatic nitrogens is 3. The zero-order valence-electron chi connectivity index (χ0n) is 15.0. The summed E-state index contributed by atoms with van der Waals surface area (Å²) in [4.78, 5) is 45.4. The number of fused-ring (bicyclic) bond motifs is 1. The first kappa shape index (κ1) is 17.3. The van der Waals surface area contributed by atoms with E-state index in [1.54, 1.807) is 18.0 Å². The number of aryl methyl sites for hydroxylation is 1. The number of amides is 1. The van der Waals surface area contributed by atoms with Crippen molar-refractivity contribution in [2.75, 3.05) is 26.2 Å². The molecule has 0 spiro atoms. The van der Waals surface area contributed by atoms with Gasteiger partial charge in [0.05, 0.1) is 10.9 Å². The number of carbonyl (C=O) groups is 1. The predicted molar refractivity (Wildman–Crippen MR) is 94.8 cm³/mol. The summed E-state index contributed by atoms with van der Waals surface area (Å²) in [5.74, 6) is -0.131. The number of carbonyl (C=O) groups excluding carboxylic acids is 1. The molecule has 1 amide bonds. The minimum atomic E-state index is -0.440. The van der Waals surface area contributed by atoms with E-state index in [9.17, 15) is 14.4 Å². The smallest absolute Gasteiger partial charge is 0.332 e. The first-order chi connectivity index (χ1) is 11.8. The van der Waals surface area contributed by atoms with Gasteiger partial charge in [-0.25, -0.2) is 9.78 Å². The maximum Gasteiger partial charge on any atom is 0.332 e. The number of nitrogens with zero attached hydrogens (tertiary/aromatic N) is 5. The highest BCUT2D eigenvalue weighted by atomic mass is 16.2. The third-order valence-corrected chi connectivity index (χ3v) is 4.87. The topological polar surface area (TPSA) is 80.4 Å². The number of pyridine rings is 1. The van der Waals surface area contributed by atoms with Crippen molar-refractivity contribution in [1.82, 2.24) is 23.9 Å². The second-order valence-electron chi connectivity index (χ2n) is 6.72. The Kier molecular flexibility index (Phi) is 4.47. The Hall–Kier alpha value is -2.48. The van der Waals surface area contributed by atoms with E-state index < -0.39 is 11.2 Å². The minimum absolute atomic E-state index is 0.131. The van der Waals surface area contributed by atoms with Crippen LogP contribution in [0.3, 0.4) is 0 Å².